The van der Waals surface area contributed by atoms with Crippen LogP contribution in [-0.2, 0) is 17.8 Å². The molecule has 2 aliphatic rings. The van der Waals surface area contributed by atoms with Gasteiger partial charge in [-0.3, -0.25) is 10.1 Å². The van der Waals surface area contributed by atoms with Crippen LogP contribution in [0.1, 0.15) is 37.1 Å². The topological polar surface area (TPSA) is 90.0 Å². The average molecular weight is 292 g/mol. The Kier molecular flexibility index (Phi) is 4.55. The number of aromatic nitrogens is 2. The predicted octanol–water partition coefficient (Wildman–Crippen LogP) is 0.339. The second kappa shape index (κ2) is 6.58. The maximum absolute atomic E-state index is 12.3. The van der Waals surface area contributed by atoms with Gasteiger partial charge in [-0.1, -0.05) is 12.8 Å². The molecule has 0 saturated heterocycles. The van der Waals surface area contributed by atoms with E-state index in [1.165, 1.54) is 12.8 Å². The Morgan fingerprint density at radius 3 is 3.00 bits per heavy atom. The van der Waals surface area contributed by atoms with Gasteiger partial charge >= 0.3 is 0 Å². The molecule has 21 heavy (non-hydrogen) atoms. The van der Waals surface area contributed by atoms with Gasteiger partial charge in [0.15, 0.2) is 0 Å². The molecule has 1 aromatic heterocycles. The summed E-state index contributed by atoms with van der Waals surface area (Å²) in [4.78, 5) is 19.6. The molecule has 4 N–H and O–H groups in total. The van der Waals surface area contributed by atoms with Crippen LogP contribution >= 0.6 is 0 Å². The maximum Gasteiger partial charge on any atom is 0.237 e. The summed E-state index contributed by atoms with van der Waals surface area (Å²) in [6.45, 7) is 1.57. The molecule has 3 unspecified atom stereocenters. The zero-order chi connectivity index (χ0) is 14.7. The van der Waals surface area contributed by atoms with Crippen molar-refractivity contribution in [2.24, 2.45) is 11.8 Å². The third-order valence-corrected chi connectivity index (χ3v) is 4.89. The summed E-state index contributed by atoms with van der Waals surface area (Å²) in [5.74, 6) is 0.805. The zero-order valence-electron chi connectivity index (χ0n) is 12.3. The lowest BCUT2D eigenvalue weighted by atomic mass is 9.79. The van der Waals surface area contributed by atoms with E-state index in [2.05, 4.69) is 20.6 Å². The largest absolute Gasteiger partial charge is 0.396 e. The first-order chi connectivity index (χ1) is 10.3. The minimum absolute atomic E-state index is 0.0471. The summed E-state index contributed by atoms with van der Waals surface area (Å²) in [5, 5.41) is 15.7. The molecule has 6 heteroatoms. The first-order valence-electron chi connectivity index (χ1n) is 7.91. The van der Waals surface area contributed by atoms with Gasteiger partial charge in [-0.15, -0.1) is 0 Å². The number of carbonyl (C=O) groups is 1. The molecule has 3 rings (SSSR count). The number of imidazole rings is 1. The van der Waals surface area contributed by atoms with Crippen LogP contribution in [0.5, 0.6) is 0 Å². The maximum atomic E-state index is 12.3. The number of rotatable bonds is 4. The molecule has 0 radical (unpaired) electrons. The van der Waals surface area contributed by atoms with Gasteiger partial charge in [-0.25, -0.2) is 4.98 Å². The number of carbonyl (C=O) groups excluding carboxylic acids is 1. The van der Waals surface area contributed by atoms with E-state index in [-0.39, 0.29) is 18.6 Å². The highest BCUT2D eigenvalue weighted by atomic mass is 16.3. The van der Waals surface area contributed by atoms with Crippen LogP contribution in [0.2, 0.25) is 0 Å². The number of nitrogens with zero attached hydrogens (tertiary/aromatic N) is 1. The Bertz CT molecular complexity index is 488. The van der Waals surface area contributed by atoms with Crippen LogP contribution in [0.25, 0.3) is 0 Å². The van der Waals surface area contributed by atoms with E-state index in [1.807, 2.05) is 0 Å². The van der Waals surface area contributed by atoms with E-state index in [9.17, 15) is 9.90 Å². The third kappa shape index (κ3) is 3.27. The zero-order valence-corrected chi connectivity index (χ0v) is 12.3. The van der Waals surface area contributed by atoms with E-state index in [0.717, 1.165) is 24.2 Å². The molecular weight excluding hydrogens is 268 g/mol. The number of aromatic amines is 1. The molecule has 1 amide bonds. The van der Waals surface area contributed by atoms with Gasteiger partial charge in [-0.2, -0.15) is 0 Å². The van der Waals surface area contributed by atoms with Gasteiger partial charge in [0.05, 0.1) is 23.8 Å². The highest BCUT2D eigenvalue weighted by Crippen LogP contribution is 2.29. The molecule has 0 aromatic carbocycles. The molecular formula is C15H24N4O2. The second-order valence-corrected chi connectivity index (χ2v) is 6.20. The Morgan fingerprint density at radius 1 is 1.38 bits per heavy atom. The van der Waals surface area contributed by atoms with Crippen molar-refractivity contribution in [2.75, 3.05) is 13.2 Å². The van der Waals surface area contributed by atoms with E-state index >= 15 is 0 Å². The van der Waals surface area contributed by atoms with Crippen molar-refractivity contribution < 1.29 is 9.90 Å². The molecule has 1 aromatic rings. The quantitative estimate of drug-likeness (QED) is 0.644. The number of hydrogen-bond donors (Lipinski definition) is 4. The molecule has 2 heterocycles. The molecule has 3 atom stereocenters. The van der Waals surface area contributed by atoms with Crippen LogP contribution in [0.3, 0.4) is 0 Å². The summed E-state index contributed by atoms with van der Waals surface area (Å²) in [7, 11) is 0. The van der Waals surface area contributed by atoms with E-state index in [0.29, 0.717) is 31.3 Å². The van der Waals surface area contributed by atoms with Crippen molar-refractivity contribution in [2.45, 2.75) is 44.7 Å². The first kappa shape index (κ1) is 14.5. The molecule has 1 aliphatic carbocycles. The number of aliphatic hydroxyl groups is 1. The van der Waals surface area contributed by atoms with Crippen LogP contribution in [0.4, 0.5) is 0 Å². The lowest BCUT2D eigenvalue weighted by Gasteiger charge is -2.31. The minimum atomic E-state index is -0.197. The van der Waals surface area contributed by atoms with Crippen LogP contribution in [0.15, 0.2) is 6.33 Å². The molecule has 116 valence electrons. The molecule has 0 spiro atoms. The van der Waals surface area contributed by atoms with Crippen molar-refractivity contribution in [1.29, 1.82) is 0 Å². The molecule has 1 aliphatic heterocycles. The molecule has 6 nitrogen and oxygen atoms in total. The Hall–Kier alpha value is -1.40. The van der Waals surface area contributed by atoms with Gasteiger partial charge in [0.2, 0.25) is 5.91 Å². The number of aliphatic hydroxyl groups excluding tert-OH is 1. The summed E-state index contributed by atoms with van der Waals surface area (Å²) >= 11 is 0. The van der Waals surface area contributed by atoms with Gasteiger partial charge in [0.25, 0.3) is 0 Å². The van der Waals surface area contributed by atoms with Crippen molar-refractivity contribution in [3.05, 3.63) is 17.7 Å². The SMILES string of the molecule is O=C(NCC1CCCCC1CO)C1Cc2nc[nH]c2CN1. The predicted molar refractivity (Wildman–Crippen MR) is 78.5 cm³/mol. The lowest BCUT2D eigenvalue weighted by Crippen LogP contribution is -2.49. The molecule has 1 fully saturated rings. The molecule has 0 bridgehead atoms. The van der Waals surface area contributed by atoms with Crippen molar-refractivity contribution in [3.63, 3.8) is 0 Å². The standard InChI is InChI=1S/C15H24N4O2/c20-8-11-4-2-1-3-10(11)6-17-15(21)13-5-12-14(7-16-13)19-9-18-12/h9-11,13,16,20H,1-8H2,(H,17,21)(H,18,19). The average Bonchev–Trinajstić information content (AvgIpc) is 3.00. The number of amides is 1. The summed E-state index contributed by atoms with van der Waals surface area (Å²) < 4.78 is 0. The van der Waals surface area contributed by atoms with E-state index in [4.69, 9.17) is 0 Å². The fourth-order valence-electron chi connectivity index (χ4n) is 3.50. The number of nitrogens with one attached hydrogen (secondary N) is 3. The van der Waals surface area contributed by atoms with Gasteiger partial charge < -0.3 is 15.4 Å². The Labute approximate surface area is 124 Å². The summed E-state index contributed by atoms with van der Waals surface area (Å²) in [6, 6.07) is -0.197. The Balaban J connectivity index is 1.50. The number of fused-ring (bicyclic) bond motifs is 1. The van der Waals surface area contributed by atoms with Crippen molar-refractivity contribution in [1.82, 2.24) is 20.6 Å². The molecule has 1 saturated carbocycles. The van der Waals surface area contributed by atoms with E-state index in [1.54, 1.807) is 6.33 Å². The number of hydrogen-bond acceptors (Lipinski definition) is 4. The van der Waals surface area contributed by atoms with E-state index < -0.39 is 0 Å². The smallest absolute Gasteiger partial charge is 0.237 e. The summed E-state index contributed by atoms with van der Waals surface area (Å²) in [6.07, 6.45) is 6.90. The van der Waals surface area contributed by atoms with Crippen molar-refractivity contribution in [3.8, 4) is 0 Å². The van der Waals surface area contributed by atoms with Crippen LogP contribution in [-0.4, -0.2) is 40.2 Å². The fraction of sp³-hybridized carbons (Fsp3) is 0.733. The van der Waals surface area contributed by atoms with Gasteiger partial charge in [-0.05, 0) is 24.7 Å². The Morgan fingerprint density at radius 2 is 2.19 bits per heavy atom. The highest BCUT2D eigenvalue weighted by Gasteiger charge is 2.28. The van der Waals surface area contributed by atoms with Gasteiger partial charge in [0.1, 0.15) is 0 Å². The normalized spacial score (nSPS) is 28.9. The monoisotopic (exact) mass is 292 g/mol. The van der Waals surface area contributed by atoms with Crippen molar-refractivity contribution >= 4 is 5.91 Å². The van der Waals surface area contributed by atoms with Gasteiger partial charge in [0, 0.05) is 26.1 Å². The fourth-order valence-corrected chi connectivity index (χ4v) is 3.50. The van der Waals surface area contributed by atoms with Crippen LogP contribution < -0.4 is 10.6 Å². The minimum Gasteiger partial charge on any atom is -0.396 e. The second-order valence-electron chi connectivity index (χ2n) is 6.20. The lowest BCUT2D eigenvalue weighted by molar-refractivity contribution is -0.123. The highest BCUT2D eigenvalue weighted by molar-refractivity contribution is 5.82. The third-order valence-electron chi connectivity index (χ3n) is 4.89. The number of H-pyrrole nitrogens is 1. The summed E-state index contributed by atoms with van der Waals surface area (Å²) in [5.41, 5.74) is 2.06. The van der Waals surface area contributed by atoms with Crippen LogP contribution in [0, 0.1) is 11.8 Å². The first-order valence-corrected chi connectivity index (χ1v) is 7.91.